The highest BCUT2D eigenvalue weighted by Crippen LogP contribution is 2.20. The highest BCUT2D eigenvalue weighted by Gasteiger charge is 2.10. The van der Waals surface area contributed by atoms with Gasteiger partial charge in [-0.3, -0.25) is 4.79 Å². The summed E-state index contributed by atoms with van der Waals surface area (Å²) in [5.41, 5.74) is 1.74. The van der Waals surface area contributed by atoms with Crippen LogP contribution in [0.2, 0.25) is 0 Å². The van der Waals surface area contributed by atoms with E-state index in [4.69, 9.17) is 0 Å². The van der Waals surface area contributed by atoms with E-state index >= 15 is 0 Å². The molecule has 0 aliphatic heterocycles. The number of hydrogen-bond acceptors (Lipinski definition) is 2. The summed E-state index contributed by atoms with van der Waals surface area (Å²) in [7, 11) is 0. The van der Waals surface area contributed by atoms with E-state index in [0.717, 1.165) is 23.0 Å². The number of rotatable bonds is 5. The van der Waals surface area contributed by atoms with Gasteiger partial charge < -0.3 is 9.88 Å². The Balaban J connectivity index is 1.83. The van der Waals surface area contributed by atoms with Crippen molar-refractivity contribution in [3.05, 3.63) is 52.5 Å². The van der Waals surface area contributed by atoms with Crippen LogP contribution in [-0.4, -0.2) is 22.0 Å². The number of aryl methyl sites for hydroxylation is 2. The van der Waals surface area contributed by atoms with Crippen molar-refractivity contribution in [2.45, 2.75) is 19.9 Å². The molecule has 0 aliphatic rings. The van der Waals surface area contributed by atoms with E-state index in [2.05, 4.69) is 26.2 Å². The SMILES string of the molecule is Cc1cccc(C(=O)NCCCn2ccnc2)c1Br. The zero-order chi connectivity index (χ0) is 13.7. The topological polar surface area (TPSA) is 46.9 Å². The van der Waals surface area contributed by atoms with Crippen LogP contribution in [0.3, 0.4) is 0 Å². The van der Waals surface area contributed by atoms with E-state index < -0.39 is 0 Å². The van der Waals surface area contributed by atoms with Crippen molar-refractivity contribution < 1.29 is 4.79 Å². The molecule has 2 rings (SSSR count). The summed E-state index contributed by atoms with van der Waals surface area (Å²) in [5.74, 6) is -0.0405. The van der Waals surface area contributed by atoms with Crippen molar-refractivity contribution in [2.24, 2.45) is 0 Å². The second-order valence-electron chi connectivity index (χ2n) is 4.35. The maximum absolute atomic E-state index is 12.0. The van der Waals surface area contributed by atoms with Crippen LogP contribution in [0.5, 0.6) is 0 Å². The quantitative estimate of drug-likeness (QED) is 0.861. The van der Waals surface area contributed by atoms with Crippen LogP contribution in [0.15, 0.2) is 41.4 Å². The molecule has 0 aliphatic carbocycles. The minimum absolute atomic E-state index is 0.0405. The summed E-state index contributed by atoms with van der Waals surface area (Å²) in [5, 5.41) is 2.93. The smallest absolute Gasteiger partial charge is 0.252 e. The third-order valence-electron chi connectivity index (χ3n) is 2.87. The summed E-state index contributed by atoms with van der Waals surface area (Å²) in [6.07, 6.45) is 6.33. The summed E-state index contributed by atoms with van der Waals surface area (Å²) < 4.78 is 2.86. The lowest BCUT2D eigenvalue weighted by Crippen LogP contribution is -2.25. The fraction of sp³-hybridized carbons (Fsp3) is 0.286. The highest BCUT2D eigenvalue weighted by atomic mass is 79.9. The Labute approximate surface area is 121 Å². The summed E-state index contributed by atoms with van der Waals surface area (Å²) in [6, 6.07) is 5.68. The molecular weight excluding hydrogens is 306 g/mol. The molecule has 2 aromatic rings. The fourth-order valence-corrected chi connectivity index (χ4v) is 2.24. The van der Waals surface area contributed by atoms with Crippen LogP contribution < -0.4 is 5.32 Å². The molecule has 0 unspecified atom stereocenters. The zero-order valence-electron chi connectivity index (χ0n) is 10.8. The number of nitrogens with zero attached hydrogens (tertiary/aromatic N) is 2. The van der Waals surface area contributed by atoms with Crippen LogP contribution in [0.1, 0.15) is 22.3 Å². The molecule has 0 radical (unpaired) electrons. The van der Waals surface area contributed by atoms with Crippen LogP contribution >= 0.6 is 15.9 Å². The average molecular weight is 322 g/mol. The molecule has 1 amide bonds. The standard InChI is InChI=1S/C14H16BrN3O/c1-11-4-2-5-12(13(11)15)14(19)17-6-3-8-18-9-7-16-10-18/h2,4-5,7,9-10H,3,6,8H2,1H3,(H,17,19). The van der Waals surface area contributed by atoms with E-state index in [0.29, 0.717) is 12.1 Å². The van der Waals surface area contributed by atoms with Gasteiger partial charge in [0.2, 0.25) is 0 Å². The molecule has 1 aromatic heterocycles. The number of amides is 1. The normalized spacial score (nSPS) is 10.4. The highest BCUT2D eigenvalue weighted by molar-refractivity contribution is 9.10. The number of nitrogens with one attached hydrogen (secondary N) is 1. The molecule has 0 atom stereocenters. The molecule has 1 aromatic carbocycles. The van der Waals surface area contributed by atoms with E-state index in [1.807, 2.05) is 35.9 Å². The van der Waals surface area contributed by atoms with Crippen LogP contribution in [0.4, 0.5) is 0 Å². The zero-order valence-corrected chi connectivity index (χ0v) is 12.4. The van der Waals surface area contributed by atoms with Crippen molar-refractivity contribution in [3.8, 4) is 0 Å². The molecule has 0 spiro atoms. The van der Waals surface area contributed by atoms with Crippen LogP contribution in [0.25, 0.3) is 0 Å². The first kappa shape index (κ1) is 13.8. The molecule has 5 heteroatoms. The monoisotopic (exact) mass is 321 g/mol. The third-order valence-corrected chi connectivity index (χ3v) is 3.93. The van der Waals surface area contributed by atoms with Gasteiger partial charge in [-0.1, -0.05) is 12.1 Å². The van der Waals surface area contributed by atoms with Crippen molar-refractivity contribution in [2.75, 3.05) is 6.54 Å². The second kappa shape index (κ2) is 6.52. The number of imidazole rings is 1. The summed E-state index contributed by atoms with van der Waals surface area (Å²) >= 11 is 3.45. The Bertz CT molecular complexity index is 552. The lowest BCUT2D eigenvalue weighted by molar-refractivity contribution is 0.0952. The van der Waals surface area contributed by atoms with Gasteiger partial charge >= 0.3 is 0 Å². The number of carbonyl (C=O) groups is 1. The van der Waals surface area contributed by atoms with Crippen molar-refractivity contribution in [1.29, 1.82) is 0 Å². The van der Waals surface area contributed by atoms with Gasteiger partial charge in [0, 0.05) is 30.0 Å². The van der Waals surface area contributed by atoms with Crippen molar-refractivity contribution >= 4 is 21.8 Å². The van der Waals surface area contributed by atoms with Gasteiger partial charge in [-0.25, -0.2) is 4.98 Å². The maximum Gasteiger partial charge on any atom is 0.252 e. The predicted molar refractivity (Wildman–Crippen MR) is 78.1 cm³/mol. The molecule has 0 fully saturated rings. The number of halogens is 1. The molecule has 0 saturated heterocycles. The van der Waals surface area contributed by atoms with E-state index in [1.165, 1.54) is 0 Å². The molecule has 0 bridgehead atoms. The average Bonchev–Trinajstić information content (AvgIpc) is 2.91. The maximum atomic E-state index is 12.0. The number of carbonyl (C=O) groups excluding carboxylic acids is 1. The lowest BCUT2D eigenvalue weighted by atomic mass is 10.1. The van der Waals surface area contributed by atoms with E-state index in [-0.39, 0.29) is 5.91 Å². The van der Waals surface area contributed by atoms with Gasteiger partial charge in [0.1, 0.15) is 0 Å². The largest absolute Gasteiger partial charge is 0.352 e. The Morgan fingerprint density at radius 2 is 2.32 bits per heavy atom. The Kier molecular flexibility index (Phi) is 4.74. The Hall–Kier alpha value is -1.62. The third kappa shape index (κ3) is 3.67. The minimum atomic E-state index is -0.0405. The molecule has 4 nitrogen and oxygen atoms in total. The van der Waals surface area contributed by atoms with Crippen molar-refractivity contribution in [3.63, 3.8) is 0 Å². The Morgan fingerprint density at radius 1 is 1.47 bits per heavy atom. The first-order valence-corrected chi connectivity index (χ1v) is 6.97. The van der Waals surface area contributed by atoms with Crippen molar-refractivity contribution in [1.82, 2.24) is 14.9 Å². The Morgan fingerprint density at radius 3 is 3.05 bits per heavy atom. The molecule has 19 heavy (non-hydrogen) atoms. The minimum Gasteiger partial charge on any atom is -0.352 e. The van der Waals surface area contributed by atoms with Crippen LogP contribution in [0, 0.1) is 6.92 Å². The first-order chi connectivity index (χ1) is 9.18. The second-order valence-corrected chi connectivity index (χ2v) is 5.14. The van der Waals surface area contributed by atoms with Gasteiger partial charge in [0.15, 0.2) is 0 Å². The van der Waals surface area contributed by atoms with Gasteiger partial charge in [-0.05, 0) is 40.9 Å². The molecule has 0 saturated carbocycles. The summed E-state index contributed by atoms with van der Waals surface area (Å²) in [6.45, 7) is 3.48. The van der Waals surface area contributed by atoms with Gasteiger partial charge in [0.05, 0.1) is 11.9 Å². The van der Waals surface area contributed by atoms with E-state index in [1.54, 1.807) is 12.5 Å². The van der Waals surface area contributed by atoms with Gasteiger partial charge in [-0.2, -0.15) is 0 Å². The summed E-state index contributed by atoms with van der Waals surface area (Å²) in [4.78, 5) is 16.0. The molecular formula is C14H16BrN3O. The van der Waals surface area contributed by atoms with E-state index in [9.17, 15) is 4.79 Å². The lowest BCUT2D eigenvalue weighted by Gasteiger charge is -2.08. The van der Waals surface area contributed by atoms with Gasteiger partial charge in [-0.15, -0.1) is 0 Å². The fourth-order valence-electron chi connectivity index (χ4n) is 1.80. The van der Waals surface area contributed by atoms with Gasteiger partial charge in [0.25, 0.3) is 5.91 Å². The molecule has 1 N–H and O–H groups in total. The molecule has 1 heterocycles. The first-order valence-electron chi connectivity index (χ1n) is 6.17. The number of aromatic nitrogens is 2. The number of benzene rings is 1. The molecule has 100 valence electrons. The number of hydrogen-bond donors (Lipinski definition) is 1. The predicted octanol–water partition coefficient (Wildman–Crippen LogP) is 2.77. The van der Waals surface area contributed by atoms with Crippen LogP contribution in [-0.2, 0) is 6.54 Å².